The number of ketones is 2. The third-order valence-corrected chi connectivity index (χ3v) is 7.12. The maximum absolute atomic E-state index is 13.3. The van der Waals surface area contributed by atoms with E-state index in [4.69, 9.17) is 4.74 Å². The molecule has 3 aliphatic rings. The first-order valence-electron chi connectivity index (χ1n) is 12.2. The minimum absolute atomic E-state index is 0.0298. The van der Waals surface area contributed by atoms with E-state index in [2.05, 4.69) is 0 Å². The summed E-state index contributed by atoms with van der Waals surface area (Å²) in [6.07, 6.45) is 3.30. The molecule has 6 heteroatoms. The standard InChI is InChI=1S/C29H29NO5/c1-18-12-14-19(15-13-18)17-35-25-11-3-2-6-20(25)27-28-21(7-4-9-23(28)31)30(16-26(33)34)22-8-5-10-24(32)29(22)27/h2-3,6,11-15,27H,4-5,7-10,16-17H2,1H3,(H,33,34)/p-1. The van der Waals surface area contributed by atoms with Gasteiger partial charge in [-0.05, 0) is 44.2 Å². The molecule has 0 spiro atoms. The average molecular weight is 471 g/mol. The van der Waals surface area contributed by atoms with E-state index in [0.717, 1.165) is 22.5 Å². The molecule has 6 nitrogen and oxygen atoms in total. The maximum atomic E-state index is 13.3. The number of aliphatic carboxylic acids is 1. The lowest BCUT2D eigenvalue weighted by atomic mass is 9.70. The quantitative estimate of drug-likeness (QED) is 0.639. The van der Waals surface area contributed by atoms with E-state index >= 15 is 0 Å². The zero-order valence-electron chi connectivity index (χ0n) is 19.8. The Bertz CT molecular complexity index is 1210. The number of carbonyl (C=O) groups is 3. The third-order valence-electron chi connectivity index (χ3n) is 7.12. The fourth-order valence-corrected chi connectivity index (χ4v) is 5.54. The Balaban J connectivity index is 1.62. The molecule has 1 heterocycles. The smallest absolute Gasteiger partial charge is 0.161 e. The molecule has 180 valence electrons. The van der Waals surface area contributed by atoms with Gasteiger partial charge in [-0.1, -0.05) is 48.0 Å². The summed E-state index contributed by atoms with van der Waals surface area (Å²) >= 11 is 0. The zero-order chi connectivity index (χ0) is 24.5. The minimum atomic E-state index is -1.22. The summed E-state index contributed by atoms with van der Waals surface area (Å²) < 4.78 is 6.25. The second kappa shape index (κ2) is 9.53. The van der Waals surface area contributed by atoms with Crippen LogP contribution in [0.3, 0.4) is 0 Å². The highest BCUT2D eigenvalue weighted by Crippen LogP contribution is 2.50. The summed E-state index contributed by atoms with van der Waals surface area (Å²) in [7, 11) is 0. The van der Waals surface area contributed by atoms with Crippen LogP contribution in [-0.4, -0.2) is 29.0 Å². The molecule has 1 aliphatic heterocycles. The molecule has 0 saturated carbocycles. The van der Waals surface area contributed by atoms with Gasteiger partial charge in [-0.2, -0.15) is 0 Å². The van der Waals surface area contributed by atoms with E-state index in [1.54, 1.807) is 4.90 Å². The Kier molecular flexibility index (Phi) is 6.29. The fraction of sp³-hybridized carbons (Fsp3) is 0.345. The maximum Gasteiger partial charge on any atom is 0.161 e. The van der Waals surface area contributed by atoms with Crippen molar-refractivity contribution in [2.75, 3.05) is 6.54 Å². The van der Waals surface area contributed by atoms with E-state index in [9.17, 15) is 19.5 Å². The van der Waals surface area contributed by atoms with Crippen molar-refractivity contribution >= 4 is 17.5 Å². The number of carboxylic acid groups (broad SMARTS) is 1. The van der Waals surface area contributed by atoms with Gasteiger partial charge in [0.15, 0.2) is 11.6 Å². The van der Waals surface area contributed by atoms with E-state index in [1.807, 2.05) is 55.5 Å². The average Bonchev–Trinajstić information content (AvgIpc) is 2.84. The lowest BCUT2D eigenvalue weighted by molar-refractivity contribution is -0.305. The van der Waals surface area contributed by atoms with E-state index in [1.165, 1.54) is 5.56 Å². The summed E-state index contributed by atoms with van der Waals surface area (Å²) in [5, 5.41) is 11.6. The molecule has 0 bridgehead atoms. The molecule has 0 atom stereocenters. The molecule has 0 unspecified atom stereocenters. The predicted octanol–water partition coefficient (Wildman–Crippen LogP) is 3.74. The number of Topliss-reactive ketones (excluding diaryl/α,β-unsaturated/α-hetero) is 2. The molecule has 2 aromatic rings. The molecule has 2 aliphatic carbocycles. The van der Waals surface area contributed by atoms with Crippen LogP contribution in [-0.2, 0) is 21.0 Å². The van der Waals surface area contributed by atoms with Gasteiger partial charge in [-0.25, -0.2) is 0 Å². The van der Waals surface area contributed by atoms with Gasteiger partial charge in [0, 0.05) is 46.9 Å². The van der Waals surface area contributed by atoms with Gasteiger partial charge in [0.1, 0.15) is 12.4 Å². The zero-order valence-corrected chi connectivity index (χ0v) is 19.8. The summed E-state index contributed by atoms with van der Waals surface area (Å²) in [5.41, 5.74) is 5.49. The Hall–Kier alpha value is -3.67. The number of benzene rings is 2. The van der Waals surface area contributed by atoms with Crippen molar-refractivity contribution in [2.24, 2.45) is 0 Å². The topological polar surface area (TPSA) is 86.7 Å². The number of carbonyl (C=O) groups excluding carboxylic acids is 3. The van der Waals surface area contributed by atoms with Crippen LogP contribution in [0.2, 0.25) is 0 Å². The molecular formula is C29H28NO5-. The second-order valence-electron chi connectivity index (χ2n) is 9.48. The number of allylic oxidation sites excluding steroid dienone is 4. The summed E-state index contributed by atoms with van der Waals surface area (Å²) in [6.45, 7) is 2.04. The van der Waals surface area contributed by atoms with Crippen molar-refractivity contribution in [3.63, 3.8) is 0 Å². The summed E-state index contributed by atoms with van der Waals surface area (Å²) in [4.78, 5) is 40.0. The number of para-hydroxylation sites is 1. The van der Waals surface area contributed by atoms with Crippen LogP contribution in [0.15, 0.2) is 71.1 Å². The van der Waals surface area contributed by atoms with Crippen LogP contribution < -0.4 is 9.84 Å². The van der Waals surface area contributed by atoms with E-state index in [-0.39, 0.29) is 18.1 Å². The highest BCUT2D eigenvalue weighted by molar-refractivity contribution is 6.06. The Morgan fingerprint density at radius 2 is 1.51 bits per heavy atom. The number of ether oxygens (including phenoxy) is 1. The molecule has 0 N–H and O–H groups in total. The fourth-order valence-electron chi connectivity index (χ4n) is 5.54. The van der Waals surface area contributed by atoms with E-state index < -0.39 is 11.9 Å². The van der Waals surface area contributed by atoms with Crippen molar-refractivity contribution < 1.29 is 24.2 Å². The highest BCUT2D eigenvalue weighted by atomic mass is 16.5. The Labute approximate surface area is 204 Å². The van der Waals surface area contributed by atoms with Gasteiger partial charge in [-0.15, -0.1) is 0 Å². The van der Waals surface area contributed by atoms with Gasteiger partial charge < -0.3 is 19.5 Å². The first kappa shape index (κ1) is 23.1. The minimum Gasteiger partial charge on any atom is -0.548 e. The molecule has 0 aromatic heterocycles. The van der Waals surface area contributed by atoms with Gasteiger partial charge in [0.25, 0.3) is 0 Å². The lowest BCUT2D eigenvalue weighted by Gasteiger charge is -2.44. The van der Waals surface area contributed by atoms with Crippen molar-refractivity contribution in [1.29, 1.82) is 0 Å². The van der Waals surface area contributed by atoms with Crippen LogP contribution in [0.4, 0.5) is 0 Å². The summed E-state index contributed by atoms with van der Waals surface area (Å²) in [5.74, 6) is -1.20. The molecule has 0 radical (unpaired) electrons. The van der Waals surface area contributed by atoms with Crippen molar-refractivity contribution in [3.8, 4) is 5.75 Å². The SMILES string of the molecule is Cc1ccc(COc2ccccc2C2C3=C(CCCC3=O)N(CC(=O)[O-])C3=C2C(=O)CCC3)cc1. The lowest BCUT2D eigenvalue weighted by Crippen LogP contribution is -2.44. The van der Waals surface area contributed by atoms with Crippen LogP contribution >= 0.6 is 0 Å². The first-order valence-corrected chi connectivity index (χ1v) is 12.2. The van der Waals surface area contributed by atoms with Crippen LogP contribution in [0.1, 0.15) is 61.1 Å². The number of nitrogens with zero attached hydrogens (tertiary/aromatic N) is 1. The van der Waals surface area contributed by atoms with Crippen molar-refractivity contribution in [3.05, 3.63) is 87.8 Å². The molecule has 0 fully saturated rings. The summed E-state index contributed by atoms with van der Waals surface area (Å²) in [6, 6.07) is 15.7. The second-order valence-corrected chi connectivity index (χ2v) is 9.48. The van der Waals surface area contributed by atoms with Crippen LogP contribution in [0.25, 0.3) is 0 Å². The molecule has 0 saturated heterocycles. The first-order chi connectivity index (χ1) is 16.9. The number of hydrogen-bond donors (Lipinski definition) is 0. The third kappa shape index (κ3) is 4.41. The molecule has 0 amide bonds. The van der Waals surface area contributed by atoms with Gasteiger partial charge in [-0.3, -0.25) is 9.59 Å². The largest absolute Gasteiger partial charge is 0.548 e. The normalized spacial score (nSPS) is 18.5. The van der Waals surface area contributed by atoms with Gasteiger partial charge in [0.2, 0.25) is 0 Å². The number of rotatable bonds is 6. The highest BCUT2D eigenvalue weighted by Gasteiger charge is 2.44. The van der Waals surface area contributed by atoms with Crippen molar-refractivity contribution in [1.82, 2.24) is 4.90 Å². The van der Waals surface area contributed by atoms with Crippen LogP contribution in [0, 0.1) is 6.92 Å². The molecule has 5 rings (SSSR count). The number of carboxylic acids is 1. The number of aryl methyl sites for hydroxylation is 1. The van der Waals surface area contributed by atoms with Gasteiger partial charge in [0.05, 0.1) is 12.5 Å². The van der Waals surface area contributed by atoms with Gasteiger partial charge >= 0.3 is 0 Å². The number of hydrogen-bond acceptors (Lipinski definition) is 6. The molecule has 2 aromatic carbocycles. The monoisotopic (exact) mass is 470 g/mol. The Morgan fingerprint density at radius 3 is 2.11 bits per heavy atom. The van der Waals surface area contributed by atoms with Crippen LogP contribution in [0.5, 0.6) is 5.75 Å². The molecule has 35 heavy (non-hydrogen) atoms. The Morgan fingerprint density at radius 1 is 0.914 bits per heavy atom. The molecular weight excluding hydrogens is 442 g/mol. The van der Waals surface area contributed by atoms with Crippen molar-refractivity contribution in [2.45, 2.75) is 58.0 Å². The predicted molar refractivity (Wildman–Crippen MR) is 128 cm³/mol. The van der Waals surface area contributed by atoms with E-state index in [0.29, 0.717) is 62.0 Å².